The van der Waals surface area contributed by atoms with E-state index in [1.165, 1.54) is 0 Å². The molecule has 0 fully saturated rings. The molecule has 1 rings (SSSR count). The van der Waals surface area contributed by atoms with Gasteiger partial charge in [0.1, 0.15) is 0 Å². The van der Waals surface area contributed by atoms with E-state index in [1.807, 2.05) is 6.07 Å². The molecule has 1 N–H and O–H groups in total. The zero-order valence-corrected chi connectivity index (χ0v) is 12.9. The predicted molar refractivity (Wildman–Crippen MR) is 81.4 cm³/mol. The fourth-order valence-corrected chi connectivity index (χ4v) is 2.07. The Bertz CT molecular complexity index is 371. The van der Waals surface area contributed by atoms with Crippen molar-refractivity contribution in [3.63, 3.8) is 0 Å². The zero-order valence-electron chi connectivity index (χ0n) is 12.0. The molecule has 1 aromatic rings. The third-order valence-electron chi connectivity index (χ3n) is 2.63. The molecule has 0 aromatic heterocycles. The van der Waals surface area contributed by atoms with Gasteiger partial charge < -0.3 is 10.1 Å². The maximum absolute atomic E-state index is 13.8. The Hall–Kier alpha value is -0.740. The maximum atomic E-state index is 13.8. The number of thioether (sulfide) groups is 1. The number of halogens is 1. The second kappa shape index (κ2) is 9.21. The summed E-state index contributed by atoms with van der Waals surface area (Å²) >= 11 is 1.77. The van der Waals surface area contributed by atoms with Gasteiger partial charge in [-0.3, -0.25) is 0 Å². The van der Waals surface area contributed by atoms with Crippen LogP contribution in [-0.2, 0) is 6.54 Å². The molecule has 1 aromatic carbocycles. The minimum Gasteiger partial charge on any atom is -0.490 e. The van der Waals surface area contributed by atoms with Crippen molar-refractivity contribution in [1.82, 2.24) is 5.32 Å². The van der Waals surface area contributed by atoms with E-state index >= 15 is 0 Å². The Morgan fingerprint density at radius 2 is 2.16 bits per heavy atom. The van der Waals surface area contributed by atoms with Crippen LogP contribution in [0.5, 0.6) is 5.75 Å². The normalized spacial score (nSPS) is 11.0. The summed E-state index contributed by atoms with van der Waals surface area (Å²) in [6.45, 7) is 6.51. The van der Waals surface area contributed by atoms with E-state index in [2.05, 4.69) is 25.4 Å². The van der Waals surface area contributed by atoms with Crippen LogP contribution in [0.15, 0.2) is 18.2 Å². The lowest BCUT2D eigenvalue weighted by Gasteiger charge is -2.10. The molecule has 0 aliphatic heterocycles. The van der Waals surface area contributed by atoms with Crippen LogP contribution in [0.25, 0.3) is 0 Å². The van der Waals surface area contributed by atoms with Crippen LogP contribution in [0.2, 0.25) is 0 Å². The van der Waals surface area contributed by atoms with Gasteiger partial charge in [0.15, 0.2) is 11.6 Å². The van der Waals surface area contributed by atoms with E-state index < -0.39 is 0 Å². The minimum absolute atomic E-state index is 0.270. The molecule has 0 amide bonds. The van der Waals surface area contributed by atoms with E-state index in [9.17, 15) is 4.39 Å². The number of benzene rings is 1. The summed E-state index contributed by atoms with van der Waals surface area (Å²) in [5, 5.41) is 3.30. The molecular formula is C15H24FNOS. The first kappa shape index (κ1) is 16.3. The van der Waals surface area contributed by atoms with E-state index in [0.717, 1.165) is 24.3 Å². The second-order valence-corrected chi connectivity index (χ2v) is 5.97. The highest BCUT2D eigenvalue weighted by Gasteiger charge is 2.05. The number of ether oxygens (including phenoxy) is 1. The monoisotopic (exact) mass is 285 g/mol. The summed E-state index contributed by atoms with van der Waals surface area (Å²) in [4.78, 5) is 0. The second-order valence-electron chi connectivity index (χ2n) is 4.98. The summed E-state index contributed by atoms with van der Waals surface area (Å²) in [7, 11) is 0. The van der Waals surface area contributed by atoms with Crippen molar-refractivity contribution in [2.45, 2.75) is 26.8 Å². The van der Waals surface area contributed by atoms with Crippen LogP contribution < -0.4 is 10.1 Å². The molecule has 0 radical (unpaired) electrons. The van der Waals surface area contributed by atoms with Crippen molar-refractivity contribution in [2.24, 2.45) is 5.92 Å². The molecule has 108 valence electrons. The predicted octanol–water partition coefficient (Wildman–Crippen LogP) is 3.70. The molecule has 0 unspecified atom stereocenters. The van der Waals surface area contributed by atoms with Crippen LogP contribution in [0.3, 0.4) is 0 Å². The summed E-state index contributed by atoms with van der Waals surface area (Å²) in [5.41, 5.74) is 0.953. The van der Waals surface area contributed by atoms with Crippen LogP contribution >= 0.6 is 11.8 Å². The van der Waals surface area contributed by atoms with Gasteiger partial charge in [-0.15, -0.1) is 0 Å². The highest BCUT2D eigenvalue weighted by atomic mass is 32.2. The highest BCUT2D eigenvalue weighted by molar-refractivity contribution is 7.98. The lowest BCUT2D eigenvalue weighted by Crippen LogP contribution is -2.19. The zero-order chi connectivity index (χ0) is 14.1. The third-order valence-corrected chi connectivity index (χ3v) is 3.33. The van der Waals surface area contributed by atoms with Crippen LogP contribution in [0.1, 0.15) is 25.8 Å². The summed E-state index contributed by atoms with van der Waals surface area (Å²) in [5.74, 6) is 1.73. The average Bonchev–Trinajstić information content (AvgIpc) is 2.36. The highest BCUT2D eigenvalue weighted by Crippen LogP contribution is 2.18. The Morgan fingerprint density at radius 3 is 2.79 bits per heavy atom. The molecular weight excluding hydrogens is 261 g/mol. The first-order valence-corrected chi connectivity index (χ1v) is 8.13. The van der Waals surface area contributed by atoms with Crippen LogP contribution in [-0.4, -0.2) is 25.2 Å². The summed E-state index contributed by atoms with van der Waals surface area (Å²) in [6.07, 6.45) is 3.00. The molecule has 0 heterocycles. The van der Waals surface area contributed by atoms with Crippen molar-refractivity contribution in [2.75, 3.05) is 25.2 Å². The Balaban J connectivity index is 2.40. The van der Waals surface area contributed by atoms with Gasteiger partial charge in [-0.1, -0.05) is 19.9 Å². The lowest BCUT2D eigenvalue weighted by molar-refractivity contribution is 0.302. The van der Waals surface area contributed by atoms with Crippen LogP contribution in [0, 0.1) is 11.7 Å². The van der Waals surface area contributed by atoms with Gasteiger partial charge in [0.2, 0.25) is 0 Å². The third kappa shape index (κ3) is 6.83. The molecule has 0 aliphatic rings. The number of rotatable bonds is 9. The van der Waals surface area contributed by atoms with Crippen molar-refractivity contribution in [1.29, 1.82) is 0 Å². The first-order valence-electron chi connectivity index (χ1n) is 6.74. The van der Waals surface area contributed by atoms with Crippen molar-refractivity contribution < 1.29 is 9.13 Å². The average molecular weight is 285 g/mol. The van der Waals surface area contributed by atoms with Crippen LogP contribution in [0.4, 0.5) is 4.39 Å². The molecule has 0 atom stereocenters. The topological polar surface area (TPSA) is 21.3 Å². The Morgan fingerprint density at radius 1 is 1.37 bits per heavy atom. The van der Waals surface area contributed by atoms with E-state index in [-0.39, 0.29) is 5.82 Å². The number of hydrogen-bond acceptors (Lipinski definition) is 3. The van der Waals surface area contributed by atoms with Gasteiger partial charge in [0, 0.05) is 6.54 Å². The summed E-state index contributed by atoms with van der Waals surface area (Å²) in [6, 6.07) is 5.19. The van der Waals surface area contributed by atoms with Crippen molar-refractivity contribution in [3.8, 4) is 5.75 Å². The molecule has 0 spiro atoms. The molecule has 19 heavy (non-hydrogen) atoms. The number of nitrogens with one attached hydrogen (secondary N) is 1. The summed E-state index contributed by atoms with van der Waals surface area (Å²) < 4.78 is 19.2. The quantitative estimate of drug-likeness (QED) is 0.699. The molecule has 0 saturated carbocycles. The van der Waals surface area contributed by atoms with Gasteiger partial charge >= 0.3 is 0 Å². The molecule has 0 saturated heterocycles. The van der Waals surface area contributed by atoms with Crippen molar-refractivity contribution in [3.05, 3.63) is 29.6 Å². The van der Waals surface area contributed by atoms with Gasteiger partial charge in [0.25, 0.3) is 0 Å². The van der Waals surface area contributed by atoms with E-state index in [0.29, 0.717) is 24.8 Å². The van der Waals surface area contributed by atoms with Gasteiger partial charge in [-0.2, -0.15) is 11.8 Å². The molecule has 0 bridgehead atoms. The largest absolute Gasteiger partial charge is 0.490 e. The van der Waals surface area contributed by atoms with E-state index in [1.54, 1.807) is 23.9 Å². The fourth-order valence-electron chi connectivity index (χ4n) is 1.66. The number of hydrogen-bond donors (Lipinski definition) is 1. The van der Waals surface area contributed by atoms with E-state index in [4.69, 9.17) is 4.74 Å². The molecule has 4 heteroatoms. The van der Waals surface area contributed by atoms with Gasteiger partial charge in [-0.25, -0.2) is 4.39 Å². The van der Waals surface area contributed by atoms with Gasteiger partial charge in [-0.05, 0) is 48.6 Å². The first-order chi connectivity index (χ1) is 9.13. The molecule has 0 aliphatic carbocycles. The Kier molecular flexibility index (Phi) is 7.91. The Labute approximate surface area is 120 Å². The van der Waals surface area contributed by atoms with Gasteiger partial charge in [0.05, 0.1) is 6.61 Å². The standard InChI is InChI=1S/C15H24FNOS/c1-12(2)10-17-11-13-5-6-15(14(16)9-13)18-7-4-8-19-3/h5-6,9,12,17H,4,7-8,10-11H2,1-3H3. The van der Waals surface area contributed by atoms with Crippen molar-refractivity contribution >= 4 is 11.8 Å². The smallest absolute Gasteiger partial charge is 0.165 e. The SMILES string of the molecule is CSCCCOc1ccc(CNCC(C)C)cc1F. The minimum atomic E-state index is -0.270. The maximum Gasteiger partial charge on any atom is 0.165 e. The lowest BCUT2D eigenvalue weighted by atomic mass is 10.2. The molecule has 2 nitrogen and oxygen atoms in total. The fraction of sp³-hybridized carbons (Fsp3) is 0.600.